The average molecular weight is 359 g/mol. The standard InChI is InChI=1S/C17H17N3O6/c1-24-15-8-3-12(9-16(15)25-2)10-18-19-17(21)11-26-14-6-4-13(5-7-14)20(22)23/h3-10H,11H2,1-2H3,(H,19,21). The van der Waals surface area contributed by atoms with E-state index in [1.165, 1.54) is 44.7 Å². The Kier molecular flexibility index (Phi) is 6.49. The predicted octanol–water partition coefficient (Wildman–Crippen LogP) is 2.14. The highest BCUT2D eigenvalue weighted by atomic mass is 16.6. The summed E-state index contributed by atoms with van der Waals surface area (Å²) in [6.07, 6.45) is 1.45. The van der Waals surface area contributed by atoms with Crippen LogP contribution in [0.5, 0.6) is 17.2 Å². The second-order valence-corrected chi connectivity index (χ2v) is 4.95. The number of rotatable bonds is 8. The van der Waals surface area contributed by atoms with Gasteiger partial charge in [-0.2, -0.15) is 5.10 Å². The molecule has 0 aliphatic carbocycles. The zero-order valence-corrected chi connectivity index (χ0v) is 14.2. The first kappa shape index (κ1) is 18.7. The molecule has 0 aromatic heterocycles. The first-order chi connectivity index (χ1) is 12.5. The molecule has 1 N–H and O–H groups in total. The lowest BCUT2D eigenvalue weighted by Crippen LogP contribution is -2.24. The van der Waals surface area contributed by atoms with Crippen molar-refractivity contribution in [3.8, 4) is 17.2 Å². The number of nitrogens with zero attached hydrogens (tertiary/aromatic N) is 2. The van der Waals surface area contributed by atoms with Crippen molar-refractivity contribution >= 4 is 17.8 Å². The Balaban J connectivity index is 1.84. The number of carbonyl (C=O) groups is 1. The number of nitrogens with one attached hydrogen (secondary N) is 1. The molecular weight excluding hydrogens is 342 g/mol. The summed E-state index contributed by atoms with van der Waals surface area (Å²) < 4.78 is 15.5. The predicted molar refractivity (Wildman–Crippen MR) is 93.9 cm³/mol. The number of non-ortho nitro benzene ring substituents is 1. The number of amides is 1. The van der Waals surface area contributed by atoms with Gasteiger partial charge in [-0.25, -0.2) is 5.43 Å². The zero-order chi connectivity index (χ0) is 18.9. The molecule has 9 heteroatoms. The lowest BCUT2D eigenvalue weighted by Gasteiger charge is -2.07. The van der Waals surface area contributed by atoms with E-state index in [0.717, 1.165) is 0 Å². The summed E-state index contributed by atoms with van der Waals surface area (Å²) in [6, 6.07) is 10.6. The van der Waals surface area contributed by atoms with E-state index < -0.39 is 10.8 Å². The minimum absolute atomic E-state index is 0.0543. The van der Waals surface area contributed by atoms with Gasteiger partial charge in [0.15, 0.2) is 18.1 Å². The van der Waals surface area contributed by atoms with Gasteiger partial charge in [-0.1, -0.05) is 0 Å². The summed E-state index contributed by atoms with van der Waals surface area (Å²) in [4.78, 5) is 21.7. The maximum atomic E-state index is 11.7. The Morgan fingerprint density at radius 2 is 1.85 bits per heavy atom. The topological polar surface area (TPSA) is 112 Å². The highest BCUT2D eigenvalue weighted by molar-refractivity contribution is 5.83. The zero-order valence-electron chi connectivity index (χ0n) is 14.2. The molecule has 136 valence electrons. The van der Waals surface area contributed by atoms with Crippen LogP contribution in [0.1, 0.15) is 5.56 Å². The van der Waals surface area contributed by atoms with E-state index in [4.69, 9.17) is 14.2 Å². The van der Waals surface area contributed by atoms with Gasteiger partial charge in [0.25, 0.3) is 11.6 Å². The first-order valence-corrected chi connectivity index (χ1v) is 7.44. The van der Waals surface area contributed by atoms with Crippen LogP contribution in [0.2, 0.25) is 0 Å². The Hall–Kier alpha value is -3.62. The fourth-order valence-electron chi connectivity index (χ4n) is 1.96. The minimum atomic E-state index is -0.515. The van der Waals surface area contributed by atoms with E-state index in [9.17, 15) is 14.9 Å². The molecule has 2 rings (SSSR count). The molecule has 0 unspecified atom stereocenters. The SMILES string of the molecule is COc1ccc(C=NNC(=O)COc2ccc([N+](=O)[O-])cc2)cc1OC. The van der Waals surface area contributed by atoms with Crippen LogP contribution in [0.15, 0.2) is 47.6 Å². The van der Waals surface area contributed by atoms with Gasteiger partial charge in [0.05, 0.1) is 25.4 Å². The fraction of sp³-hybridized carbons (Fsp3) is 0.176. The second-order valence-electron chi connectivity index (χ2n) is 4.95. The molecule has 0 saturated heterocycles. The molecule has 26 heavy (non-hydrogen) atoms. The number of hydrazone groups is 1. The number of benzene rings is 2. The van der Waals surface area contributed by atoms with E-state index in [0.29, 0.717) is 22.8 Å². The Labute approximate surface area is 149 Å². The molecule has 1 amide bonds. The van der Waals surface area contributed by atoms with E-state index in [1.54, 1.807) is 18.2 Å². The largest absolute Gasteiger partial charge is 0.493 e. The molecule has 2 aromatic carbocycles. The van der Waals surface area contributed by atoms with Crippen LogP contribution in [0.25, 0.3) is 0 Å². The van der Waals surface area contributed by atoms with Crippen LogP contribution in [0.3, 0.4) is 0 Å². The highest BCUT2D eigenvalue weighted by Gasteiger charge is 2.06. The highest BCUT2D eigenvalue weighted by Crippen LogP contribution is 2.26. The summed E-state index contributed by atoms with van der Waals surface area (Å²) in [5.74, 6) is 1.00. The maximum Gasteiger partial charge on any atom is 0.277 e. The lowest BCUT2D eigenvalue weighted by molar-refractivity contribution is -0.384. The van der Waals surface area contributed by atoms with Crippen LogP contribution in [0, 0.1) is 10.1 Å². The van der Waals surface area contributed by atoms with Gasteiger partial charge >= 0.3 is 0 Å². The van der Waals surface area contributed by atoms with Gasteiger partial charge in [0.2, 0.25) is 0 Å². The molecule has 0 saturated carbocycles. The van der Waals surface area contributed by atoms with Crippen LogP contribution in [-0.2, 0) is 4.79 Å². The first-order valence-electron chi connectivity index (χ1n) is 7.44. The van der Waals surface area contributed by atoms with Crippen molar-refractivity contribution in [2.75, 3.05) is 20.8 Å². The molecule has 0 aliphatic rings. The smallest absolute Gasteiger partial charge is 0.277 e. The summed E-state index contributed by atoms with van der Waals surface area (Å²) in [7, 11) is 3.06. The summed E-state index contributed by atoms with van der Waals surface area (Å²) in [5, 5.41) is 14.4. The summed E-state index contributed by atoms with van der Waals surface area (Å²) in [6.45, 7) is -0.277. The number of hydrogen-bond acceptors (Lipinski definition) is 7. The van der Waals surface area contributed by atoms with Gasteiger partial charge in [0, 0.05) is 12.1 Å². The molecule has 9 nitrogen and oxygen atoms in total. The molecule has 0 atom stereocenters. The van der Waals surface area contributed by atoms with E-state index >= 15 is 0 Å². The van der Waals surface area contributed by atoms with E-state index in [1.807, 2.05) is 0 Å². The van der Waals surface area contributed by atoms with Crippen LogP contribution < -0.4 is 19.6 Å². The average Bonchev–Trinajstić information content (AvgIpc) is 2.66. The molecule has 0 bridgehead atoms. The molecular formula is C17H17N3O6. The third-order valence-electron chi connectivity index (χ3n) is 3.23. The molecule has 0 aliphatic heterocycles. The van der Waals surface area contributed by atoms with Crippen molar-refractivity contribution in [1.29, 1.82) is 0 Å². The van der Waals surface area contributed by atoms with Crippen LogP contribution >= 0.6 is 0 Å². The second kappa shape index (κ2) is 9.02. The molecule has 0 radical (unpaired) electrons. The minimum Gasteiger partial charge on any atom is -0.493 e. The molecule has 0 spiro atoms. The van der Waals surface area contributed by atoms with Gasteiger partial charge in [-0.05, 0) is 35.9 Å². The normalized spacial score (nSPS) is 10.4. The van der Waals surface area contributed by atoms with Crippen molar-refractivity contribution in [1.82, 2.24) is 5.43 Å². The van der Waals surface area contributed by atoms with Crippen molar-refractivity contribution in [3.63, 3.8) is 0 Å². The molecule has 0 fully saturated rings. The van der Waals surface area contributed by atoms with E-state index in [2.05, 4.69) is 10.5 Å². The third-order valence-corrected chi connectivity index (χ3v) is 3.23. The van der Waals surface area contributed by atoms with E-state index in [-0.39, 0.29) is 12.3 Å². The van der Waals surface area contributed by atoms with Crippen molar-refractivity contribution in [2.24, 2.45) is 5.10 Å². The van der Waals surface area contributed by atoms with Crippen LogP contribution in [0.4, 0.5) is 5.69 Å². The Morgan fingerprint density at radius 3 is 2.46 bits per heavy atom. The third kappa shape index (κ3) is 5.20. The number of methoxy groups -OCH3 is 2. The quantitative estimate of drug-likeness (QED) is 0.439. The molecule has 0 heterocycles. The fourth-order valence-corrected chi connectivity index (χ4v) is 1.96. The summed E-state index contributed by atoms with van der Waals surface area (Å²) >= 11 is 0. The maximum absolute atomic E-state index is 11.7. The number of hydrogen-bond donors (Lipinski definition) is 1. The van der Waals surface area contributed by atoms with Gasteiger partial charge in [-0.3, -0.25) is 14.9 Å². The molecule has 2 aromatic rings. The Morgan fingerprint density at radius 1 is 1.15 bits per heavy atom. The number of nitro groups is 1. The Bertz CT molecular complexity index is 805. The monoisotopic (exact) mass is 359 g/mol. The number of nitro benzene ring substituents is 1. The van der Waals surface area contributed by atoms with Crippen molar-refractivity contribution < 1.29 is 23.9 Å². The number of ether oxygens (including phenoxy) is 3. The van der Waals surface area contributed by atoms with Gasteiger partial charge in [-0.15, -0.1) is 0 Å². The summed E-state index contributed by atoms with van der Waals surface area (Å²) in [5.41, 5.74) is 2.98. The van der Waals surface area contributed by atoms with Crippen molar-refractivity contribution in [2.45, 2.75) is 0 Å². The number of carbonyl (C=O) groups excluding carboxylic acids is 1. The van der Waals surface area contributed by atoms with Crippen molar-refractivity contribution in [3.05, 3.63) is 58.1 Å². The van der Waals surface area contributed by atoms with Gasteiger partial charge in [0.1, 0.15) is 5.75 Å². The van der Waals surface area contributed by atoms with Gasteiger partial charge < -0.3 is 14.2 Å². The lowest BCUT2D eigenvalue weighted by atomic mass is 10.2. The van der Waals surface area contributed by atoms with Crippen LogP contribution in [-0.4, -0.2) is 37.9 Å².